The predicted octanol–water partition coefficient (Wildman–Crippen LogP) is 3.53. The van der Waals surface area contributed by atoms with E-state index in [2.05, 4.69) is 30.9 Å². The molecule has 1 saturated carbocycles. The molecule has 0 radical (unpaired) electrons. The van der Waals surface area contributed by atoms with Crippen LogP contribution >= 0.6 is 0 Å². The van der Waals surface area contributed by atoms with Crippen molar-refractivity contribution < 1.29 is 4.52 Å². The van der Waals surface area contributed by atoms with Crippen molar-refractivity contribution >= 4 is 0 Å². The van der Waals surface area contributed by atoms with Crippen LogP contribution in [0.25, 0.3) is 0 Å². The highest BCUT2D eigenvalue weighted by Gasteiger charge is 2.27. The highest BCUT2D eigenvalue weighted by molar-refractivity contribution is 4.98. The van der Waals surface area contributed by atoms with Crippen LogP contribution in [-0.4, -0.2) is 16.7 Å². The van der Waals surface area contributed by atoms with Crippen LogP contribution in [-0.2, 0) is 6.42 Å². The molecular formula is C16H29N3O. The third kappa shape index (κ3) is 3.81. The molecule has 2 rings (SSSR count). The third-order valence-electron chi connectivity index (χ3n) is 4.94. The van der Waals surface area contributed by atoms with E-state index in [4.69, 9.17) is 10.3 Å². The molecule has 1 aromatic heterocycles. The van der Waals surface area contributed by atoms with Crippen molar-refractivity contribution in [1.82, 2.24) is 10.1 Å². The summed E-state index contributed by atoms with van der Waals surface area (Å²) in [5.41, 5.74) is 5.73. The van der Waals surface area contributed by atoms with Gasteiger partial charge < -0.3 is 10.3 Å². The van der Waals surface area contributed by atoms with Crippen LogP contribution in [0.4, 0.5) is 0 Å². The summed E-state index contributed by atoms with van der Waals surface area (Å²) in [6.07, 6.45) is 6.89. The average molecular weight is 279 g/mol. The Hall–Kier alpha value is -0.900. The molecule has 20 heavy (non-hydrogen) atoms. The van der Waals surface area contributed by atoms with Gasteiger partial charge in [0, 0.05) is 12.3 Å². The molecule has 4 heteroatoms. The van der Waals surface area contributed by atoms with Crippen molar-refractivity contribution in [2.75, 3.05) is 6.54 Å². The van der Waals surface area contributed by atoms with Crippen LogP contribution < -0.4 is 5.73 Å². The summed E-state index contributed by atoms with van der Waals surface area (Å²) in [6.45, 7) is 7.50. The Balaban J connectivity index is 1.90. The van der Waals surface area contributed by atoms with Crippen LogP contribution in [0.5, 0.6) is 0 Å². The summed E-state index contributed by atoms with van der Waals surface area (Å²) in [5, 5.41) is 4.20. The van der Waals surface area contributed by atoms with Gasteiger partial charge in [-0.25, -0.2) is 0 Å². The lowest BCUT2D eigenvalue weighted by Gasteiger charge is -2.29. The zero-order valence-corrected chi connectivity index (χ0v) is 13.1. The van der Waals surface area contributed by atoms with Gasteiger partial charge in [0.15, 0.2) is 5.82 Å². The van der Waals surface area contributed by atoms with Gasteiger partial charge in [0.2, 0.25) is 5.89 Å². The Labute approximate surface area is 122 Å². The molecule has 0 aromatic carbocycles. The minimum atomic E-state index is 0.458. The first-order chi connectivity index (χ1) is 9.63. The largest absolute Gasteiger partial charge is 0.339 e. The lowest BCUT2D eigenvalue weighted by molar-refractivity contribution is 0.251. The number of nitrogens with zero attached hydrogens (tertiary/aromatic N) is 2. The van der Waals surface area contributed by atoms with Crippen LogP contribution in [0.15, 0.2) is 4.52 Å². The van der Waals surface area contributed by atoms with Gasteiger partial charge in [-0.3, -0.25) is 0 Å². The monoisotopic (exact) mass is 279 g/mol. The number of aromatic nitrogens is 2. The summed E-state index contributed by atoms with van der Waals surface area (Å²) in [6, 6.07) is 0. The van der Waals surface area contributed by atoms with E-state index in [9.17, 15) is 0 Å². The van der Waals surface area contributed by atoms with Crippen LogP contribution in [0.3, 0.4) is 0 Å². The van der Waals surface area contributed by atoms with Crippen LogP contribution in [0, 0.1) is 17.8 Å². The van der Waals surface area contributed by atoms with Crippen molar-refractivity contribution in [3.8, 4) is 0 Å². The van der Waals surface area contributed by atoms with Crippen molar-refractivity contribution in [3.05, 3.63) is 11.7 Å². The molecule has 1 heterocycles. The fraction of sp³-hybridized carbons (Fsp3) is 0.875. The Morgan fingerprint density at radius 3 is 2.50 bits per heavy atom. The van der Waals surface area contributed by atoms with E-state index in [-0.39, 0.29) is 0 Å². The average Bonchev–Trinajstić information content (AvgIpc) is 2.93. The normalized spacial score (nSPS) is 25.1. The van der Waals surface area contributed by atoms with E-state index in [1.165, 1.54) is 25.7 Å². The van der Waals surface area contributed by atoms with E-state index >= 15 is 0 Å². The molecule has 1 fully saturated rings. The molecule has 1 aliphatic rings. The van der Waals surface area contributed by atoms with Gasteiger partial charge in [0.05, 0.1) is 0 Å². The van der Waals surface area contributed by atoms with E-state index in [0.717, 1.165) is 36.4 Å². The van der Waals surface area contributed by atoms with Gasteiger partial charge in [-0.15, -0.1) is 0 Å². The summed E-state index contributed by atoms with van der Waals surface area (Å²) < 4.78 is 5.41. The molecule has 0 spiro atoms. The number of rotatable bonds is 6. The molecule has 114 valence electrons. The van der Waals surface area contributed by atoms with Crippen molar-refractivity contribution in [2.24, 2.45) is 23.5 Å². The number of hydrogen-bond acceptors (Lipinski definition) is 4. The first-order valence-corrected chi connectivity index (χ1v) is 8.16. The van der Waals surface area contributed by atoms with Gasteiger partial charge in [0.1, 0.15) is 0 Å². The Morgan fingerprint density at radius 2 is 1.95 bits per heavy atom. The molecule has 0 saturated heterocycles. The first kappa shape index (κ1) is 15.5. The van der Waals surface area contributed by atoms with Crippen molar-refractivity contribution in [2.45, 2.75) is 65.2 Å². The molecule has 4 nitrogen and oxygen atoms in total. The summed E-state index contributed by atoms with van der Waals surface area (Å²) >= 11 is 0. The second-order valence-corrected chi connectivity index (χ2v) is 6.62. The van der Waals surface area contributed by atoms with Gasteiger partial charge in [-0.2, -0.15) is 4.98 Å². The molecule has 1 atom stereocenters. The lowest BCUT2D eigenvalue weighted by atomic mass is 9.77. The summed E-state index contributed by atoms with van der Waals surface area (Å²) in [4.78, 5) is 4.61. The maximum Gasteiger partial charge on any atom is 0.226 e. The Morgan fingerprint density at radius 1 is 1.25 bits per heavy atom. The van der Waals surface area contributed by atoms with Crippen LogP contribution in [0.2, 0.25) is 0 Å². The Bertz CT molecular complexity index is 390. The van der Waals surface area contributed by atoms with Crippen molar-refractivity contribution in [3.63, 3.8) is 0 Å². The fourth-order valence-corrected chi connectivity index (χ4v) is 3.20. The predicted molar refractivity (Wildman–Crippen MR) is 80.4 cm³/mol. The van der Waals surface area contributed by atoms with E-state index < -0.39 is 0 Å². The molecule has 1 aromatic rings. The Kier molecular flexibility index (Phi) is 5.58. The highest BCUT2D eigenvalue weighted by Crippen LogP contribution is 2.37. The summed E-state index contributed by atoms with van der Waals surface area (Å²) in [7, 11) is 0. The SMILES string of the molecule is CCC(CN)Cc1nc(C2CCC(C(C)C)CC2)no1. The second-order valence-electron chi connectivity index (χ2n) is 6.62. The lowest BCUT2D eigenvalue weighted by Crippen LogP contribution is -2.18. The number of hydrogen-bond donors (Lipinski definition) is 1. The molecular weight excluding hydrogens is 250 g/mol. The van der Waals surface area contributed by atoms with E-state index in [1.807, 2.05) is 0 Å². The molecule has 2 N–H and O–H groups in total. The number of nitrogens with two attached hydrogens (primary N) is 1. The smallest absolute Gasteiger partial charge is 0.226 e. The van der Waals surface area contributed by atoms with Crippen LogP contribution in [0.1, 0.15) is 70.5 Å². The zero-order valence-electron chi connectivity index (χ0n) is 13.1. The highest BCUT2D eigenvalue weighted by atomic mass is 16.5. The standard InChI is InChI=1S/C16H29N3O/c1-4-12(10-17)9-15-18-16(19-20-15)14-7-5-13(6-8-14)11(2)3/h11-14H,4-10,17H2,1-3H3. The maximum absolute atomic E-state index is 5.73. The first-order valence-electron chi connectivity index (χ1n) is 8.16. The molecule has 0 aliphatic heterocycles. The second kappa shape index (κ2) is 7.21. The maximum atomic E-state index is 5.73. The molecule has 0 amide bonds. The van der Waals surface area contributed by atoms with Crippen molar-refractivity contribution in [1.29, 1.82) is 0 Å². The van der Waals surface area contributed by atoms with Gasteiger partial charge in [-0.1, -0.05) is 32.3 Å². The van der Waals surface area contributed by atoms with E-state index in [1.54, 1.807) is 0 Å². The fourth-order valence-electron chi connectivity index (χ4n) is 3.20. The van der Waals surface area contributed by atoms with Gasteiger partial charge >= 0.3 is 0 Å². The summed E-state index contributed by atoms with van der Waals surface area (Å²) in [5.74, 6) is 4.32. The van der Waals surface area contributed by atoms with Gasteiger partial charge in [-0.05, 0) is 50.0 Å². The van der Waals surface area contributed by atoms with E-state index in [0.29, 0.717) is 18.4 Å². The topological polar surface area (TPSA) is 64.9 Å². The minimum Gasteiger partial charge on any atom is -0.339 e. The minimum absolute atomic E-state index is 0.458. The molecule has 1 aliphatic carbocycles. The molecule has 0 bridgehead atoms. The molecule has 1 unspecified atom stereocenters. The van der Waals surface area contributed by atoms with Gasteiger partial charge in [0.25, 0.3) is 0 Å². The zero-order chi connectivity index (χ0) is 14.5. The third-order valence-corrected chi connectivity index (χ3v) is 4.94. The quantitative estimate of drug-likeness (QED) is 0.865.